The quantitative estimate of drug-likeness (QED) is 0.0408. The van der Waals surface area contributed by atoms with Crippen LogP contribution in [0.5, 0.6) is 0 Å². The van der Waals surface area contributed by atoms with E-state index in [1.54, 1.807) is 13.8 Å². The van der Waals surface area contributed by atoms with Crippen LogP contribution < -0.4 is 11.5 Å². The maximum Gasteiger partial charge on any atom is 0.302 e. The van der Waals surface area contributed by atoms with Crippen molar-refractivity contribution in [2.24, 2.45) is 114 Å². The number of carboxylic acids is 1. The van der Waals surface area contributed by atoms with Crippen molar-refractivity contribution in [1.82, 2.24) is 0 Å². The number of azide groups is 1. The summed E-state index contributed by atoms with van der Waals surface area (Å²) in [5, 5.41) is 32.6. The Morgan fingerprint density at radius 2 is 0.914 bits per heavy atom. The number of carbonyl (C=O) groups is 3. The van der Waals surface area contributed by atoms with E-state index in [-0.39, 0.29) is 68.8 Å². The standard InChI is InChI=1S/C23H37N3O2.C23H39NO2.C20H35NO2.C2H4O2/c1-15-8-11-23(5,18(14-15)10-13-25-26-24)20-9-12-22(4)16(2)6-7-19(22)21(20)28-17(3)27;1-15-8-11-23(5,18(14-15)10-13-24)20-9-12-22(4)16(2)6-7-19(22)21(20)26-17(3)25;1-13-4-5-16-18(23)17(7-10-19(13,16)2)20(3)9-6-15(22)12-14(20)8-11-21;1-2(3)4/h15,18-21H,2,6-14H2,1,3-5H3;15,18-21H,2,6-14,24H2,1,3-5H3;14-18,22-23H,1,4-12,21H2,2-3H3;1H3,(H,3,4)/t2*15-,18-,19?,20?,21-,22+,23-;14-,15-,16?,17?,18-,19+,20-;/m000./s1. The topological polar surface area (TPSA) is 231 Å². The van der Waals surface area contributed by atoms with Crippen molar-refractivity contribution in [3.8, 4) is 0 Å². The molecular formula is C68H115N5O8. The fraction of sp³-hybridized carbons (Fsp3) is 0.868. The Labute approximate surface area is 490 Å². The molecule has 0 aliphatic heterocycles. The summed E-state index contributed by atoms with van der Waals surface area (Å²) >= 11 is 0. The van der Waals surface area contributed by atoms with E-state index in [4.69, 9.17) is 36.4 Å². The molecule has 13 nitrogen and oxygen atoms in total. The third-order valence-corrected chi connectivity index (χ3v) is 25.4. The number of hydrogen-bond donors (Lipinski definition) is 5. The summed E-state index contributed by atoms with van der Waals surface area (Å²) in [4.78, 5) is 36.0. The summed E-state index contributed by atoms with van der Waals surface area (Å²) in [5.74, 6) is 4.35. The molecule has 9 rings (SSSR count). The van der Waals surface area contributed by atoms with Gasteiger partial charge in [-0.15, -0.1) is 0 Å². The number of carbonyl (C=O) groups excluding carboxylic acids is 2. The molecule has 81 heavy (non-hydrogen) atoms. The van der Waals surface area contributed by atoms with Gasteiger partial charge < -0.3 is 36.3 Å². The summed E-state index contributed by atoms with van der Waals surface area (Å²) in [5.41, 5.74) is 25.5. The number of hydrogen-bond acceptors (Lipinski definition) is 10. The van der Waals surface area contributed by atoms with Gasteiger partial charge in [0.2, 0.25) is 0 Å². The van der Waals surface area contributed by atoms with Gasteiger partial charge in [0.1, 0.15) is 12.2 Å². The van der Waals surface area contributed by atoms with E-state index in [0.717, 1.165) is 129 Å². The van der Waals surface area contributed by atoms with E-state index >= 15 is 0 Å². The number of nitrogens with zero attached hydrogens (tertiary/aromatic N) is 3. The largest absolute Gasteiger partial charge is 0.481 e. The molecule has 9 aliphatic carbocycles. The summed E-state index contributed by atoms with van der Waals surface area (Å²) in [7, 11) is 0. The Morgan fingerprint density at radius 1 is 0.556 bits per heavy atom. The summed E-state index contributed by atoms with van der Waals surface area (Å²) in [6.45, 7) is 38.2. The molecule has 6 unspecified atom stereocenters. The zero-order chi connectivity index (χ0) is 60.0. The lowest BCUT2D eigenvalue weighted by atomic mass is 9.51. The second-order valence-corrected chi connectivity index (χ2v) is 29.8. The van der Waals surface area contributed by atoms with Gasteiger partial charge in [-0.25, -0.2) is 0 Å². The van der Waals surface area contributed by atoms with E-state index in [2.05, 4.69) is 85.2 Å². The van der Waals surface area contributed by atoms with E-state index in [1.807, 2.05) is 0 Å². The molecule has 9 saturated carbocycles. The zero-order valence-corrected chi connectivity index (χ0v) is 52.8. The van der Waals surface area contributed by atoms with Gasteiger partial charge in [0.05, 0.1) is 12.2 Å². The first-order valence-corrected chi connectivity index (χ1v) is 32.4. The Morgan fingerprint density at radius 3 is 1.32 bits per heavy atom. The number of nitrogens with two attached hydrogens (primary N) is 2. The van der Waals surface area contributed by atoms with Gasteiger partial charge in [-0.1, -0.05) is 110 Å². The van der Waals surface area contributed by atoms with Gasteiger partial charge in [-0.3, -0.25) is 14.4 Å². The fourth-order valence-corrected chi connectivity index (χ4v) is 20.0. The number of aliphatic hydroxyl groups excluding tert-OH is 2. The lowest BCUT2D eigenvalue weighted by molar-refractivity contribution is -0.172. The van der Waals surface area contributed by atoms with E-state index in [0.29, 0.717) is 72.3 Å². The van der Waals surface area contributed by atoms with E-state index in [1.165, 1.54) is 61.7 Å². The second-order valence-electron chi connectivity index (χ2n) is 29.8. The molecule has 0 aromatic heterocycles. The minimum Gasteiger partial charge on any atom is -0.481 e. The van der Waals surface area contributed by atoms with Crippen molar-refractivity contribution in [1.29, 1.82) is 0 Å². The van der Waals surface area contributed by atoms with Gasteiger partial charge in [0, 0.05) is 55.9 Å². The van der Waals surface area contributed by atoms with Crippen LogP contribution in [0.25, 0.3) is 10.4 Å². The molecule has 21 atom stereocenters. The van der Waals surface area contributed by atoms with Crippen molar-refractivity contribution >= 4 is 17.9 Å². The maximum atomic E-state index is 12.1. The number of allylic oxidation sites excluding steroid dienone is 3. The average molecular weight is 1130 g/mol. The Hall–Kier alpha value is -3.22. The Balaban J connectivity index is 0.000000190. The van der Waals surface area contributed by atoms with Crippen molar-refractivity contribution in [3.63, 3.8) is 0 Å². The monoisotopic (exact) mass is 1130 g/mol. The number of esters is 2. The van der Waals surface area contributed by atoms with Crippen LogP contribution in [-0.2, 0) is 23.9 Å². The lowest BCUT2D eigenvalue weighted by Crippen LogP contribution is -2.53. The normalized spacial score (nSPS) is 44.4. The summed E-state index contributed by atoms with van der Waals surface area (Å²) < 4.78 is 12.2. The van der Waals surface area contributed by atoms with Gasteiger partial charge in [0.25, 0.3) is 5.97 Å². The first-order chi connectivity index (χ1) is 38.0. The highest BCUT2D eigenvalue weighted by atomic mass is 16.5. The van der Waals surface area contributed by atoms with E-state index in [9.17, 15) is 19.8 Å². The average Bonchev–Trinajstić information content (AvgIpc) is 4.22. The van der Waals surface area contributed by atoms with Gasteiger partial charge in [-0.05, 0) is 234 Å². The van der Waals surface area contributed by atoms with Crippen molar-refractivity contribution < 1.29 is 39.2 Å². The summed E-state index contributed by atoms with van der Waals surface area (Å²) in [6, 6.07) is 0. The third-order valence-electron chi connectivity index (χ3n) is 25.4. The lowest BCUT2D eigenvalue weighted by Gasteiger charge is -2.56. The van der Waals surface area contributed by atoms with Crippen LogP contribution >= 0.6 is 0 Å². The molecule has 9 aliphatic rings. The number of aliphatic hydroxyl groups is 2. The van der Waals surface area contributed by atoms with E-state index < -0.39 is 5.97 Å². The first-order valence-electron chi connectivity index (χ1n) is 32.4. The molecular weight excluding hydrogens is 1010 g/mol. The zero-order valence-electron chi connectivity index (χ0n) is 52.8. The highest BCUT2D eigenvalue weighted by molar-refractivity contribution is 5.66. The SMILES string of the molecule is C=C1CCC2[C@H](O)C([C@@]3(C)CC[C@H](O)C[C@@H]3CCN)CC[C@]12C.C=C1CCC2[C@H](OC(C)=O)C([C@@]3(C)CC[C@H](C)C[C@@H]3CCN)CC[C@]12C.C=C1CCC2[C@H](OC(C)=O)C([C@@]3(C)CC[C@H](C)C[C@@H]3CCN=[N+]=[N-])CC[C@]12C.CC(=O)O. The van der Waals surface area contributed by atoms with Crippen molar-refractivity contribution in [2.45, 2.75) is 255 Å². The molecule has 0 radical (unpaired) electrons. The highest BCUT2D eigenvalue weighted by Gasteiger charge is 2.61. The molecule has 0 saturated heterocycles. The van der Waals surface area contributed by atoms with Crippen LogP contribution in [0, 0.1) is 97.6 Å². The maximum absolute atomic E-state index is 12.1. The molecule has 0 amide bonds. The molecule has 13 heteroatoms. The fourth-order valence-electron chi connectivity index (χ4n) is 20.0. The van der Waals surface area contributed by atoms with Crippen LogP contribution in [-0.4, -0.2) is 77.3 Å². The van der Waals surface area contributed by atoms with Crippen LogP contribution in [0.2, 0.25) is 0 Å². The van der Waals surface area contributed by atoms with Gasteiger partial charge in [0.15, 0.2) is 0 Å². The molecule has 0 heterocycles. The van der Waals surface area contributed by atoms with Crippen molar-refractivity contribution in [3.05, 3.63) is 46.9 Å². The predicted molar refractivity (Wildman–Crippen MR) is 325 cm³/mol. The molecule has 0 bridgehead atoms. The Bertz CT molecular complexity index is 2260. The minimum absolute atomic E-state index is 0.0177. The van der Waals surface area contributed by atoms with Crippen molar-refractivity contribution in [2.75, 3.05) is 19.6 Å². The number of carboxylic acid groups (broad SMARTS) is 1. The van der Waals surface area contributed by atoms with Crippen LogP contribution in [0.15, 0.2) is 41.6 Å². The van der Waals surface area contributed by atoms with Crippen LogP contribution in [0.1, 0.15) is 230 Å². The van der Waals surface area contributed by atoms with Gasteiger partial charge >= 0.3 is 11.9 Å². The van der Waals surface area contributed by atoms with Crippen LogP contribution in [0.4, 0.5) is 0 Å². The number of rotatable bonds is 12. The predicted octanol–water partition coefficient (Wildman–Crippen LogP) is 14.9. The number of fused-ring (bicyclic) bond motifs is 3. The molecule has 0 aromatic carbocycles. The molecule has 9 fully saturated rings. The second kappa shape index (κ2) is 27.4. The minimum atomic E-state index is -0.833. The first kappa shape index (κ1) is 66.9. The van der Waals surface area contributed by atoms with Crippen LogP contribution in [0.3, 0.4) is 0 Å². The molecule has 0 aromatic rings. The molecule has 0 spiro atoms. The highest BCUT2D eigenvalue weighted by Crippen LogP contribution is 2.66. The van der Waals surface area contributed by atoms with Gasteiger partial charge in [-0.2, -0.15) is 0 Å². The summed E-state index contributed by atoms with van der Waals surface area (Å²) in [6.07, 6.45) is 26.1. The Kier molecular flexibility index (Phi) is 22.7. The third kappa shape index (κ3) is 14.1. The number of aliphatic carboxylic acids is 1. The number of ether oxygens (including phenoxy) is 2. The molecule has 7 N–H and O–H groups in total. The molecule has 460 valence electrons. The smallest absolute Gasteiger partial charge is 0.302 e.